The van der Waals surface area contributed by atoms with Crippen LogP contribution in [0.1, 0.15) is 40.5 Å². The molecule has 0 aromatic heterocycles. The molecule has 1 atom stereocenters. The Morgan fingerprint density at radius 1 is 1.20 bits per heavy atom. The van der Waals surface area contributed by atoms with Crippen molar-refractivity contribution in [2.45, 2.75) is 46.6 Å². The van der Waals surface area contributed by atoms with Crippen LogP contribution in [0, 0.1) is 17.8 Å². The van der Waals surface area contributed by atoms with Crippen molar-refractivity contribution in [1.29, 1.82) is 0 Å². The zero-order valence-corrected chi connectivity index (χ0v) is 10.8. The highest BCUT2D eigenvalue weighted by atomic mass is 16.5. The van der Waals surface area contributed by atoms with Crippen LogP contribution in [0.3, 0.4) is 0 Å². The topological polar surface area (TPSA) is 21.3 Å². The Morgan fingerprint density at radius 3 is 2.33 bits per heavy atom. The molecule has 0 saturated carbocycles. The third kappa shape index (κ3) is 4.52. The normalized spacial score (nSPS) is 23.0. The van der Waals surface area contributed by atoms with Crippen molar-refractivity contribution in [3.05, 3.63) is 0 Å². The molecule has 1 unspecified atom stereocenters. The fraction of sp³-hybridized carbons (Fsp3) is 1.00. The van der Waals surface area contributed by atoms with Gasteiger partial charge in [-0.3, -0.25) is 0 Å². The number of ether oxygens (including phenoxy) is 1. The predicted molar refractivity (Wildman–Crippen MR) is 65.0 cm³/mol. The van der Waals surface area contributed by atoms with Gasteiger partial charge in [0.2, 0.25) is 0 Å². The summed E-state index contributed by atoms with van der Waals surface area (Å²) in [5.41, 5.74) is 0. The van der Waals surface area contributed by atoms with Crippen molar-refractivity contribution in [1.82, 2.24) is 5.32 Å². The van der Waals surface area contributed by atoms with Gasteiger partial charge in [0, 0.05) is 12.6 Å². The molecule has 1 saturated heterocycles. The summed E-state index contributed by atoms with van der Waals surface area (Å²) in [6.07, 6.45) is 2.49. The van der Waals surface area contributed by atoms with Crippen LogP contribution < -0.4 is 5.32 Å². The number of hydrogen-bond donors (Lipinski definition) is 1. The maximum atomic E-state index is 5.47. The van der Waals surface area contributed by atoms with Crippen LogP contribution in [-0.4, -0.2) is 25.8 Å². The van der Waals surface area contributed by atoms with Gasteiger partial charge < -0.3 is 10.1 Å². The predicted octanol–water partition coefficient (Wildman–Crippen LogP) is 2.68. The van der Waals surface area contributed by atoms with E-state index in [1.165, 1.54) is 12.8 Å². The molecule has 1 aliphatic heterocycles. The molecule has 1 aliphatic rings. The summed E-state index contributed by atoms with van der Waals surface area (Å²) in [6.45, 7) is 12.3. The summed E-state index contributed by atoms with van der Waals surface area (Å²) in [5, 5.41) is 3.66. The molecule has 0 aromatic carbocycles. The summed E-state index contributed by atoms with van der Waals surface area (Å²) in [6, 6.07) is 0.596. The van der Waals surface area contributed by atoms with E-state index in [0.29, 0.717) is 6.04 Å². The van der Waals surface area contributed by atoms with E-state index in [-0.39, 0.29) is 0 Å². The smallest absolute Gasteiger partial charge is 0.0619 e. The van der Waals surface area contributed by atoms with Crippen molar-refractivity contribution < 1.29 is 4.74 Å². The number of hydrogen-bond acceptors (Lipinski definition) is 2. The average Bonchev–Trinajstić information content (AvgIpc) is 2.18. The molecule has 0 spiro atoms. The van der Waals surface area contributed by atoms with Gasteiger partial charge >= 0.3 is 0 Å². The Balaban J connectivity index is 2.26. The van der Waals surface area contributed by atoms with Crippen LogP contribution in [0.2, 0.25) is 0 Å². The quantitative estimate of drug-likeness (QED) is 0.758. The minimum atomic E-state index is 0.596. The van der Waals surface area contributed by atoms with E-state index < -0.39 is 0 Å². The summed E-state index contributed by atoms with van der Waals surface area (Å²) in [5.74, 6) is 2.32. The number of rotatable bonds is 5. The maximum absolute atomic E-state index is 5.47. The first kappa shape index (κ1) is 13.0. The van der Waals surface area contributed by atoms with Crippen molar-refractivity contribution in [3.63, 3.8) is 0 Å². The molecule has 0 aromatic rings. The van der Waals surface area contributed by atoms with Crippen LogP contribution in [0.25, 0.3) is 0 Å². The lowest BCUT2D eigenvalue weighted by Crippen LogP contribution is -2.41. The van der Waals surface area contributed by atoms with E-state index >= 15 is 0 Å². The minimum absolute atomic E-state index is 0.596. The first-order valence-electron chi connectivity index (χ1n) is 6.42. The second-order valence-corrected chi connectivity index (χ2v) is 5.47. The Morgan fingerprint density at radius 2 is 1.87 bits per heavy atom. The van der Waals surface area contributed by atoms with Gasteiger partial charge in [0.05, 0.1) is 6.61 Å². The van der Waals surface area contributed by atoms with Gasteiger partial charge in [0.15, 0.2) is 0 Å². The minimum Gasteiger partial charge on any atom is -0.380 e. The fourth-order valence-corrected chi connectivity index (χ4v) is 2.45. The van der Waals surface area contributed by atoms with E-state index in [2.05, 4.69) is 33.0 Å². The average molecular weight is 213 g/mol. The molecule has 1 N–H and O–H groups in total. The van der Waals surface area contributed by atoms with Gasteiger partial charge in [0.25, 0.3) is 0 Å². The highest BCUT2D eigenvalue weighted by molar-refractivity contribution is 4.75. The molecule has 1 fully saturated rings. The summed E-state index contributed by atoms with van der Waals surface area (Å²) in [7, 11) is 0. The monoisotopic (exact) mass is 213 g/mol. The van der Waals surface area contributed by atoms with Crippen LogP contribution in [0.4, 0.5) is 0 Å². The van der Waals surface area contributed by atoms with Crippen LogP contribution in [0.5, 0.6) is 0 Å². The largest absolute Gasteiger partial charge is 0.380 e. The molecule has 90 valence electrons. The van der Waals surface area contributed by atoms with Crippen LogP contribution in [0.15, 0.2) is 0 Å². The SMILES string of the molecule is CC(C)C(CNC1CCCOC1)C(C)C. The van der Waals surface area contributed by atoms with Gasteiger partial charge in [-0.25, -0.2) is 0 Å². The van der Waals surface area contributed by atoms with Crippen molar-refractivity contribution in [2.75, 3.05) is 19.8 Å². The molecule has 2 nitrogen and oxygen atoms in total. The first-order valence-corrected chi connectivity index (χ1v) is 6.42. The zero-order chi connectivity index (χ0) is 11.3. The van der Waals surface area contributed by atoms with Gasteiger partial charge in [-0.1, -0.05) is 27.7 Å². The molecule has 1 heterocycles. The maximum Gasteiger partial charge on any atom is 0.0619 e. The molecular weight excluding hydrogens is 186 g/mol. The van der Waals surface area contributed by atoms with Gasteiger partial charge in [-0.05, 0) is 37.1 Å². The standard InChI is InChI=1S/C13H27NO/c1-10(2)13(11(3)4)8-14-12-6-5-7-15-9-12/h10-14H,5-9H2,1-4H3. The Kier molecular flexibility index (Phi) is 5.62. The summed E-state index contributed by atoms with van der Waals surface area (Å²) >= 11 is 0. The Labute approximate surface area is 94.8 Å². The molecular formula is C13H27NO. The second kappa shape index (κ2) is 6.49. The van der Waals surface area contributed by atoms with Gasteiger partial charge in [-0.15, -0.1) is 0 Å². The van der Waals surface area contributed by atoms with Crippen molar-refractivity contribution in [3.8, 4) is 0 Å². The lowest BCUT2D eigenvalue weighted by molar-refractivity contribution is 0.0669. The highest BCUT2D eigenvalue weighted by Crippen LogP contribution is 2.20. The molecule has 0 aliphatic carbocycles. The Bertz CT molecular complexity index is 154. The molecule has 0 amide bonds. The summed E-state index contributed by atoms with van der Waals surface area (Å²) in [4.78, 5) is 0. The fourth-order valence-electron chi connectivity index (χ4n) is 2.45. The molecule has 1 rings (SSSR count). The van der Waals surface area contributed by atoms with Crippen LogP contribution >= 0.6 is 0 Å². The Hall–Kier alpha value is -0.0800. The number of nitrogens with one attached hydrogen (secondary N) is 1. The van der Waals surface area contributed by atoms with E-state index in [4.69, 9.17) is 4.74 Å². The molecule has 2 heteroatoms. The second-order valence-electron chi connectivity index (χ2n) is 5.47. The van der Waals surface area contributed by atoms with Gasteiger partial charge in [-0.2, -0.15) is 0 Å². The molecule has 0 bridgehead atoms. The van der Waals surface area contributed by atoms with E-state index in [9.17, 15) is 0 Å². The first-order chi connectivity index (χ1) is 7.11. The summed E-state index contributed by atoms with van der Waals surface area (Å²) < 4.78 is 5.47. The zero-order valence-electron chi connectivity index (χ0n) is 10.8. The van der Waals surface area contributed by atoms with Gasteiger partial charge in [0.1, 0.15) is 0 Å². The van der Waals surface area contributed by atoms with Crippen molar-refractivity contribution >= 4 is 0 Å². The molecule has 0 radical (unpaired) electrons. The van der Waals surface area contributed by atoms with E-state index in [1.807, 2.05) is 0 Å². The highest BCUT2D eigenvalue weighted by Gasteiger charge is 2.20. The lowest BCUT2D eigenvalue weighted by Gasteiger charge is -2.29. The van der Waals surface area contributed by atoms with E-state index in [0.717, 1.165) is 37.5 Å². The van der Waals surface area contributed by atoms with E-state index in [1.54, 1.807) is 0 Å². The third-order valence-electron chi connectivity index (χ3n) is 3.52. The third-order valence-corrected chi connectivity index (χ3v) is 3.52. The lowest BCUT2D eigenvalue weighted by atomic mass is 9.85. The van der Waals surface area contributed by atoms with Crippen LogP contribution in [-0.2, 0) is 4.74 Å². The molecule has 15 heavy (non-hydrogen) atoms. The van der Waals surface area contributed by atoms with Crippen molar-refractivity contribution in [2.24, 2.45) is 17.8 Å².